The van der Waals surface area contributed by atoms with Crippen molar-refractivity contribution < 1.29 is 9.59 Å². The van der Waals surface area contributed by atoms with Crippen molar-refractivity contribution in [3.05, 3.63) is 102 Å². The summed E-state index contributed by atoms with van der Waals surface area (Å²) in [7, 11) is 0. The summed E-state index contributed by atoms with van der Waals surface area (Å²) < 4.78 is 0. The molecule has 1 aliphatic rings. The van der Waals surface area contributed by atoms with E-state index in [-0.39, 0.29) is 18.4 Å². The lowest BCUT2D eigenvalue weighted by molar-refractivity contribution is -0.124. The second-order valence-corrected chi connectivity index (χ2v) is 9.12. The molecular formula is C32H38N4O2. The van der Waals surface area contributed by atoms with Crippen LogP contribution in [-0.4, -0.2) is 47.9 Å². The molecule has 2 heterocycles. The van der Waals surface area contributed by atoms with E-state index in [1.165, 1.54) is 6.42 Å². The van der Waals surface area contributed by atoms with Crippen LogP contribution in [0.25, 0.3) is 22.2 Å². The molecule has 0 radical (unpaired) electrons. The van der Waals surface area contributed by atoms with E-state index in [2.05, 4.69) is 36.0 Å². The third-order valence-electron chi connectivity index (χ3n) is 5.93. The monoisotopic (exact) mass is 510 g/mol. The highest BCUT2D eigenvalue weighted by atomic mass is 16.2. The number of nitrogens with zero attached hydrogens (tertiary/aromatic N) is 2. The quantitative estimate of drug-likeness (QED) is 0.383. The van der Waals surface area contributed by atoms with E-state index in [1.807, 2.05) is 79.7 Å². The van der Waals surface area contributed by atoms with Crippen molar-refractivity contribution in [2.75, 3.05) is 26.2 Å². The van der Waals surface area contributed by atoms with Crippen molar-refractivity contribution in [2.45, 2.75) is 33.7 Å². The van der Waals surface area contributed by atoms with Gasteiger partial charge in [-0.2, -0.15) is 0 Å². The molecule has 0 atom stereocenters. The predicted molar refractivity (Wildman–Crippen MR) is 157 cm³/mol. The molecule has 1 aliphatic heterocycles. The molecule has 0 aliphatic carbocycles. The molecule has 2 aromatic carbocycles. The van der Waals surface area contributed by atoms with E-state index in [0.29, 0.717) is 31.7 Å². The zero-order valence-electron chi connectivity index (χ0n) is 22.7. The van der Waals surface area contributed by atoms with Gasteiger partial charge in [-0.1, -0.05) is 99.7 Å². The first-order valence-electron chi connectivity index (χ1n) is 13.2. The van der Waals surface area contributed by atoms with Crippen LogP contribution in [0, 0.1) is 0 Å². The molecule has 1 fully saturated rings. The predicted octanol–water partition coefficient (Wildman–Crippen LogP) is 5.67. The Morgan fingerprint density at radius 1 is 1.13 bits per heavy atom. The number of benzene rings is 2. The molecule has 38 heavy (non-hydrogen) atoms. The van der Waals surface area contributed by atoms with Gasteiger partial charge in [-0.15, -0.1) is 0 Å². The summed E-state index contributed by atoms with van der Waals surface area (Å²) in [5.74, 6) is -0.181. The molecule has 0 bridgehead atoms. The number of rotatable bonds is 8. The molecule has 3 aromatic rings. The summed E-state index contributed by atoms with van der Waals surface area (Å²) in [6.45, 7) is 12.4. The Hall–Kier alpha value is -4.03. The first-order valence-corrected chi connectivity index (χ1v) is 13.2. The van der Waals surface area contributed by atoms with Crippen LogP contribution in [0.15, 0.2) is 91.1 Å². The second kappa shape index (κ2) is 14.6. The summed E-state index contributed by atoms with van der Waals surface area (Å²) in [6.07, 6.45) is 8.73. The number of hydrogen-bond acceptors (Lipinski definition) is 4. The number of amides is 2. The maximum absolute atomic E-state index is 13.8. The highest BCUT2D eigenvalue weighted by Gasteiger charge is 2.25. The summed E-state index contributed by atoms with van der Waals surface area (Å²) in [6, 6.07) is 17.6. The minimum Gasteiger partial charge on any atom is -0.354 e. The summed E-state index contributed by atoms with van der Waals surface area (Å²) in [5.41, 5.74) is 4.82. The Balaban J connectivity index is 0.00000127. The van der Waals surface area contributed by atoms with E-state index in [9.17, 15) is 9.59 Å². The average Bonchev–Trinajstić information content (AvgIpc) is 2.92. The number of aromatic nitrogens is 1. The lowest BCUT2D eigenvalue weighted by Crippen LogP contribution is -2.47. The number of nitrogens with one attached hydrogen (secondary N) is 2. The van der Waals surface area contributed by atoms with Gasteiger partial charge < -0.3 is 10.6 Å². The van der Waals surface area contributed by atoms with Gasteiger partial charge in [0, 0.05) is 42.7 Å². The Kier molecular flexibility index (Phi) is 11.0. The van der Waals surface area contributed by atoms with Gasteiger partial charge >= 0.3 is 0 Å². The Morgan fingerprint density at radius 2 is 1.84 bits per heavy atom. The van der Waals surface area contributed by atoms with Crippen molar-refractivity contribution in [3.8, 4) is 11.3 Å². The van der Waals surface area contributed by atoms with Crippen molar-refractivity contribution >= 4 is 22.7 Å². The SMILES string of the molecule is C=C/C=C(\C=C/C)CNC(=O)c1c(CN2CCNC(=O)C2)c(-c2ccccc2)nc2ccccc12.CCC. The number of carbonyl (C=O) groups is 2. The zero-order valence-corrected chi connectivity index (χ0v) is 22.7. The maximum atomic E-state index is 13.8. The fourth-order valence-corrected chi connectivity index (χ4v) is 4.36. The van der Waals surface area contributed by atoms with E-state index in [1.54, 1.807) is 6.08 Å². The van der Waals surface area contributed by atoms with Crippen LogP contribution in [0.2, 0.25) is 0 Å². The molecule has 0 unspecified atom stereocenters. The summed E-state index contributed by atoms with van der Waals surface area (Å²) >= 11 is 0. The fourth-order valence-electron chi connectivity index (χ4n) is 4.36. The lowest BCUT2D eigenvalue weighted by Gasteiger charge is -2.28. The Labute approximate surface area is 226 Å². The van der Waals surface area contributed by atoms with Gasteiger partial charge in [-0.05, 0) is 18.6 Å². The highest BCUT2D eigenvalue weighted by molar-refractivity contribution is 6.09. The first-order chi connectivity index (χ1) is 18.5. The van der Waals surface area contributed by atoms with Gasteiger partial charge in [0.05, 0.1) is 23.3 Å². The minimum atomic E-state index is -0.170. The number of para-hydroxylation sites is 1. The molecule has 2 amide bonds. The minimum absolute atomic E-state index is 0.0113. The average molecular weight is 511 g/mol. The van der Waals surface area contributed by atoms with Gasteiger partial charge in [0.15, 0.2) is 0 Å². The van der Waals surface area contributed by atoms with Crippen LogP contribution in [-0.2, 0) is 11.3 Å². The lowest BCUT2D eigenvalue weighted by atomic mass is 9.95. The van der Waals surface area contributed by atoms with Crippen molar-refractivity contribution in [1.29, 1.82) is 0 Å². The number of carbonyl (C=O) groups excluding carboxylic acids is 2. The highest BCUT2D eigenvalue weighted by Crippen LogP contribution is 2.31. The summed E-state index contributed by atoms with van der Waals surface area (Å²) in [4.78, 5) is 32.9. The molecule has 6 nitrogen and oxygen atoms in total. The van der Waals surface area contributed by atoms with Gasteiger partial charge in [-0.3, -0.25) is 14.5 Å². The smallest absolute Gasteiger partial charge is 0.252 e. The van der Waals surface area contributed by atoms with E-state index < -0.39 is 0 Å². The molecule has 0 spiro atoms. The van der Waals surface area contributed by atoms with Crippen LogP contribution < -0.4 is 10.6 Å². The van der Waals surface area contributed by atoms with Crippen molar-refractivity contribution in [3.63, 3.8) is 0 Å². The van der Waals surface area contributed by atoms with Crippen molar-refractivity contribution in [2.24, 2.45) is 0 Å². The van der Waals surface area contributed by atoms with E-state index >= 15 is 0 Å². The topological polar surface area (TPSA) is 74.3 Å². The van der Waals surface area contributed by atoms with Crippen LogP contribution in [0.5, 0.6) is 0 Å². The third-order valence-corrected chi connectivity index (χ3v) is 5.93. The first kappa shape index (κ1) is 28.5. The van der Waals surface area contributed by atoms with E-state index in [0.717, 1.165) is 33.3 Å². The molecule has 1 aromatic heterocycles. The van der Waals surface area contributed by atoms with Crippen LogP contribution >= 0.6 is 0 Å². The number of fused-ring (bicyclic) bond motifs is 1. The molecular weight excluding hydrogens is 472 g/mol. The standard InChI is InChI=1S/C29H30N4O2.C3H8/c1-3-10-21(11-4-2)18-31-29(35)27-23-14-8-9-15-25(23)32-28(22-12-6-5-7-13-22)24(27)19-33-17-16-30-26(34)20-33;1-3-2/h3-15H,1,16-20H2,2H3,(H,30,34)(H,31,35);3H2,1-2H3/b11-4-,21-10+;. The molecule has 198 valence electrons. The van der Waals surface area contributed by atoms with Crippen molar-refractivity contribution in [1.82, 2.24) is 20.5 Å². The van der Waals surface area contributed by atoms with E-state index in [4.69, 9.17) is 4.98 Å². The van der Waals surface area contributed by atoms with Crippen LogP contribution in [0.4, 0.5) is 0 Å². The molecule has 4 rings (SSSR count). The molecule has 2 N–H and O–H groups in total. The number of hydrogen-bond donors (Lipinski definition) is 2. The summed E-state index contributed by atoms with van der Waals surface area (Å²) in [5, 5.41) is 6.76. The van der Waals surface area contributed by atoms with Gasteiger partial charge in [0.1, 0.15) is 0 Å². The Morgan fingerprint density at radius 3 is 2.53 bits per heavy atom. The van der Waals surface area contributed by atoms with Gasteiger partial charge in [-0.25, -0.2) is 4.98 Å². The van der Waals surface area contributed by atoms with Crippen LogP contribution in [0.1, 0.15) is 43.1 Å². The van der Waals surface area contributed by atoms with Crippen LogP contribution in [0.3, 0.4) is 0 Å². The zero-order chi connectivity index (χ0) is 27.3. The van der Waals surface area contributed by atoms with Gasteiger partial charge in [0.2, 0.25) is 5.91 Å². The Bertz CT molecular complexity index is 1310. The molecule has 1 saturated heterocycles. The number of allylic oxidation sites excluding steroid dienone is 3. The number of piperazine rings is 1. The maximum Gasteiger partial charge on any atom is 0.252 e. The normalized spacial score (nSPS) is 14.1. The van der Waals surface area contributed by atoms with Gasteiger partial charge in [0.25, 0.3) is 5.91 Å². The second-order valence-electron chi connectivity index (χ2n) is 9.12. The molecule has 0 saturated carbocycles. The fraction of sp³-hybridized carbons (Fsp3) is 0.281. The largest absolute Gasteiger partial charge is 0.354 e. The molecule has 6 heteroatoms. The third kappa shape index (κ3) is 7.49. The number of pyridine rings is 1.